The molecule has 1 aliphatic rings. The molecule has 1 aliphatic carbocycles. The van der Waals surface area contributed by atoms with E-state index in [-0.39, 0.29) is 0 Å². The first-order valence-corrected chi connectivity index (χ1v) is 7.22. The van der Waals surface area contributed by atoms with Crippen molar-refractivity contribution in [2.45, 2.75) is 57.5 Å². The Balaban J connectivity index is 2.51. The van der Waals surface area contributed by atoms with Gasteiger partial charge in [0.15, 0.2) is 0 Å². The minimum absolute atomic E-state index is 0.669. The number of rotatable bonds is 6. The number of ether oxygens (including phenoxy) is 1. The molecule has 3 heteroatoms. The van der Waals surface area contributed by atoms with Gasteiger partial charge in [0.1, 0.15) is 0 Å². The van der Waals surface area contributed by atoms with Crippen molar-refractivity contribution in [2.75, 3.05) is 33.9 Å². The van der Waals surface area contributed by atoms with Gasteiger partial charge in [-0.05, 0) is 26.4 Å². The molecule has 0 aromatic carbocycles. The Morgan fingerprint density at radius 1 is 1.18 bits per heavy atom. The van der Waals surface area contributed by atoms with Crippen LogP contribution in [0.3, 0.4) is 0 Å². The van der Waals surface area contributed by atoms with Crippen LogP contribution in [0.2, 0.25) is 0 Å². The third kappa shape index (κ3) is 5.36. The van der Waals surface area contributed by atoms with Crippen molar-refractivity contribution >= 4 is 0 Å². The van der Waals surface area contributed by atoms with Gasteiger partial charge in [-0.3, -0.25) is 4.90 Å². The van der Waals surface area contributed by atoms with Gasteiger partial charge >= 0.3 is 0 Å². The maximum Gasteiger partial charge on any atom is 0.0589 e. The first kappa shape index (κ1) is 14.9. The molecule has 102 valence electrons. The van der Waals surface area contributed by atoms with Crippen molar-refractivity contribution in [2.24, 2.45) is 0 Å². The summed E-state index contributed by atoms with van der Waals surface area (Å²) in [7, 11) is 4.03. The highest BCUT2D eigenvalue weighted by Crippen LogP contribution is 2.21. The van der Waals surface area contributed by atoms with Gasteiger partial charge in [-0.1, -0.05) is 32.6 Å². The molecular formula is C14H30N2O. The predicted molar refractivity (Wildman–Crippen MR) is 73.5 cm³/mol. The largest absolute Gasteiger partial charge is 0.383 e. The summed E-state index contributed by atoms with van der Waals surface area (Å²) >= 11 is 0. The average Bonchev–Trinajstić information content (AvgIpc) is 2.30. The lowest BCUT2D eigenvalue weighted by Gasteiger charge is -2.36. The summed E-state index contributed by atoms with van der Waals surface area (Å²) in [5.41, 5.74) is 0. The summed E-state index contributed by atoms with van der Waals surface area (Å²) in [4.78, 5) is 2.49. The fraction of sp³-hybridized carbons (Fsp3) is 1.00. The Bertz CT molecular complexity index is 187. The number of nitrogens with zero attached hydrogens (tertiary/aromatic N) is 1. The normalized spacial score (nSPS) is 26.8. The third-order valence-electron chi connectivity index (χ3n) is 3.91. The van der Waals surface area contributed by atoms with E-state index in [1.54, 1.807) is 7.11 Å². The fourth-order valence-corrected chi connectivity index (χ4v) is 2.89. The van der Waals surface area contributed by atoms with Crippen molar-refractivity contribution in [3.63, 3.8) is 0 Å². The molecule has 3 nitrogen and oxygen atoms in total. The SMILES string of the molecule is CCNC1CCCCCCC1N(C)CCOC. The van der Waals surface area contributed by atoms with Crippen molar-refractivity contribution in [3.8, 4) is 0 Å². The Kier molecular flexibility index (Phi) is 7.82. The Morgan fingerprint density at radius 3 is 2.53 bits per heavy atom. The van der Waals surface area contributed by atoms with Crippen LogP contribution in [0.15, 0.2) is 0 Å². The molecule has 0 aromatic heterocycles. The first-order valence-electron chi connectivity index (χ1n) is 7.22. The maximum absolute atomic E-state index is 5.19. The van der Waals surface area contributed by atoms with Gasteiger partial charge in [-0.25, -0.2) is 0 Å². The highest BCUT2D eigenvalue weighted by atomic mass is 16.5. The monoisotopic (exact) mass is 242 g/mol. The van der Waals surface area contributed by atoms with E-state index in [4.69, 9.17) is 4.74 Å². The molecule has 1 rings (SSSR count). The second kappa shape index (κ2) is 8.90. The molecule has 0 spiro atoms. The standard InChI is InChI=1S/C14H30N2O/c1-4-15-13-9-7-5-6-8-10-14(13)16(2)11-12-17-3/h13-15H,4-12H2,1-3H3. The number of hydrogen-bond donors (Lipinski definition) is 1. The molecule has 0 radical (unpaired) electrons. The molecule has 0 amide bonds. The number of nitrogens with one attached hydrogen (secondary N) is 1. The summed E-state index contributed by atoms with van der Waals surface area (Å²) in [6.45, 7) is 5.18. The van der Waals surface area contributed by atoms with Crippen LogP contribution in [0.25, 0.3) is 0 Å². The van der Waals surface area contributed by atoms with E-state index in [1.165, 1.54) is 38.5 Å². The van der Waals surface area contributed by atoms with Crippen molar-refractivity contribution < 1.29 is 4.74 Å². The van der Waals surface area contributed by atoms with Crippen LogP contribution >= 0.6 is 0 Å². The zero-order valence-corrected chi connectivity index (χ0v) is 11.9. The fourth-order valence-electron chi connectivity index (χ4n) is 2.89. The Hall–Kier alpha value is -0.120. The quantitative estimate of drug-likeness (QED) is 0.773. The van der Waals surface area contributed by atoms with Crippen LogP contribution in [-0.4, -0.2) is 50.8 Å². The van der Waals surface area contributed by atoms with E-state index in [9.17, 15) is 0 Å². The number of methoxy groups -OCH3 is 1. The van der Waals surface area contributed by atoms with Crippen LogP contribution < -0.4 is 5.32 Å². The molecule has 0 bridgehead atoms. The molecule has 0 heterocycles. The molecule has 0 aliphatic heterocycles. The topological polar surface area (TPSA) is 24.5 Å². The molecule has 17 heavy (non-hydrogen) atoms. The van der Waals surface area contributed by atoms with E-state index in [1.807, 2.05) is 0 Å². The third-order valence-corrected chi connectivity index (χ3v) is 3.91. The van der Waals surface area contributed by atoms with E-state index in [2.05, 4.69) is 24.2 Å². The van der Waals surface area contributed by atoms with Gasteiger partial charge < -0.3 is 10.1 Å². The highest BCUT2D eigenvalue weighted by molar-refractivity contribution is 4.84. The van der Waals surface area contributed by atoms with Gasteiger partial charge in [0.05, 0.1) is 6.61 Å². The van der Waals surface area contributed by atoms with Gasteiger partial charge in [0, 0.05) is 25.7 Å². The van der Waals surface area contributed by atoms with E-state index in [0.717, 1.165) is 19.7 Å². The molecular weight excluding hydrogens is 212 g/mol. The second-order valence-electron chi connectivity index (χ2n) is 5.20. The van der Waals surface area contributed by atoms with Crippen LogP contribution in [0.4, 0.5) is 0 Å². The maximum atomic E-state index is 5.19. The highest BCUT2D eigenvalue weighted by Gasteiger charge is 2.25. The molecule has 1 saturated carbocycles. The lowest BCUT2D eigenvalue weighted by atomic mass is 9.91. The zero-order valence-electron chi connectivity index (χ0n) is 11.9. The molecule has 0 saturated heterocycles. The number of hydrogen-bond acceptors (Lipinski definition) is 3. The van der Waals surface area contributed by atoms with Gasteiger partial charge in [0.2, 0.25) is 0 Å². The molecule has 2 atom stereocenters. The van der Waals surface area contributed by atoms with E-state index in [0.29, 0.717) is 12.1 Å². The van der Waals surface area contributed by atoms with Crippen LogP contribution in [0.1, 0.15) is 45.4 Å². The summed E-state index contributed by atoms with van der Waals surface area (Å²) in [6.07, 6.45) is 8.24. The van der Waals surface area contributed by atoms with Gasteiger partial charge in [-0.15, -0.1) is 0 Å². The minimum atomic E-state index is 0.669. The van der Waals surface area contributed by atoms with Crippen molar-refractivity contribution in [1.29, 1.82) is 0 Å². The van der Waals surface area contributed by atoms with Crippen LogP contribution in [0.5, 0.6) is 0 Å². The van der Waals surface area contributed by atoms with Crippen molar-refractivity contribution in [3.05, 3.63) is 0 Å². The smallest absolute Gasteiger partial charge is 0.0589 e. The van der Waals surface area contributed by atoms with Crippen LogP contribution in [-0.2, 0) is 4.74 Å². The molecule has 1 N–H and O–H groups in total. The first-order chi connectivity index (χ1) is 8.29. The minimum Gasteiger partial charge on any atom is -0.383 e. The molecule has 2 unspecified atom stereocenters. The predicted octanol–water partition coefficient (Wildman–Crippen LogP) is 2.27. The lowest BCUT2D eigenvalue weighted by molar-refractivity contribution is 0.111. The molecule has 0 aromatic rings. The van der Waals surface area contributed by atoms with E-state index < -0.39 is 0 Å². The second-order valence-corrected chi connectivity index (χ2v) is 5.20. The molecule has 1 fully saturated rings. The Labute approximate surface area is 107 Å². The van der Waals surface area contributed by atoms with Crippen LogP contribution in [0, 0.1) is 0 Å². The average molecular weight is 242 g/mol. The zero-order chi connectivity index (χ0) is 12.5. The van der Waals surface area contributed by atoms with Gasteiger partial charge in [-0.2, -0.15) is 0 Å². The Morgan fingerprint density at radius 2 is 1.88 bits per heavy atom. The summed E-state index contributed by atoms with van der Waals surface area (Å²) in [5, 5.41) is 3.68. The summed E-state index contributed by atoms with van der Waals surface area (Å²) < 4.78 is 5.19. The summed E-state index contributed by atoms with van der Waals surface area (Å²) in [6, 6.07) is 1.35. The lowest BCUT2D eigenvalue weighted by Crippen LogP contribution is -2.49. The van der Waals surface area contributed by atoms with E-state index >= 15 is 0 Å². The summed E-state index contributed by atoms with van der Waals surface area (Å²) in [5.74, 6) is 0. The van der Waals surface area contributed by atoms with Gasteiger partial charge in [0.25, 0.3) is 0 Å². The number of likely N-dealkylation sites (N-methyl/N-ethyl adjacent to an activating group) is 2. The van der Waals surface area contributed by atoms with Crippen molar-refractivity contribution in [1.82, 2.24) is 10.2 Å².